The minimum Gasteiger partial charge on any atom is -0.394 e. The van der Waals surface area contributed by atoms with Crippen molar-refractivity contribution in [1.82, 2.24) is 10.6 Å². The van der Waals surface area contributed by atoms with Gasteiger partial charge in [0.2, 0.25) is 11.8 Å². The Hall–Kier alpha value is -2.79. The molecule has 9 rings (SSSR count). The molecular weight excluding hydrogens is 1170 g/mol. The second-order valence-electron chi connectivity index (χ2n) is 28.3. The number of rotatable bonds is 19. The van der Waals surface area contributed by atoms with Gasteiger partial charge in [-0.05, 0) is 110 Å². The van der Waals surface area contributed by atoms with Gasteiger partial charge in [-0.25, -0.2) is 0 Å². The van der Waals surface area contributed by atoms with Crippen LogP contribution in [0.4, 0.5) is 0 Å². The van der Waals surface area contributed by atoms with Gasteiger partial charge in [-0.2, -0.15) is 0 Å². The topological polar surface area (TPSA) is 410 Å². The summed E-state index contributed by atoms with van der Waals surface area (Å²) in [6, 6.07) is -3.01. The first-order valence-electron chi connectivity index (χ1n) is 31.7. The molecule has 0 spiro atoms. The van der Waals surface area contributed by atoms with Crippen LogP contribution in [0.2, 0.25) is 0 Å². The predicted molar refractivity (Wildman–Crippen MR) is 308 cm³/mol. The van der Waals surface area contributed by atoms with Gasteiger partial charge in [0.15, 0.2) is 37.2 Å². The summed E-state index contributed by atoms with van der Waals surface area (Å²) in [4.78, 5) is 38.5. The van der Waals surface area contributed by atoms with Crippen LogP contribution in [-0.4, -0.2) is 259 Å². The highest BCUT2D eigenvalue weighted by atomic mass is 16.8. The molecule has 27 heteroatoms. The third kappa shape index (κ3) is 13.6. The number of amides is 2. The predicted octanol–water partition coefficient (Wildman–Crippen LogP) is -1.80. The van der Waals surface area contributed by atoms with Crippen molar-refractivity contribution in [3.63, 3.8) is 0 Å². The molecule has 2 amide bonds. The summed E-state index contributed by atoms with van der Waals surface area (Å²) in [6.07, 6.45) is -25.1. The highest BCUT2D eigenvalue weighted by molar-refractivity contribution is 5.90. The summed E-state index contributed by atoms with van der Waals surface area (Å²) in [7, 11) is 0. The Kier molecular flexibility index (Phi) is 22.1. The Morgan fingerprint density at radius 2 is 1.17 bits per heavy atom. The summed E-state index contributed by atoms with van der Waals surface area (Å²) >= 11 is 0. The molecule has 508 valence electrons. The Labute approximate surface area is 519 Å². The van der Waals surface area contributed by atoms with E-state index in [0.717, 1.165) is 57.9 Å². The number of aliphatic hydroxyl groups is 12. The maximum absolute atomic E-state index is 13.1. The van der Waals surface area contributed by atoms with Crippen molar-refractivity contribution >= 4 is 17.6 Å². The number of carbonyl (C=O) groups excluding carboxylic acids is 3. The lowest BCUT2D eigenvalue weighted by atomic mass is 9.41. The second-order valence-corrected chi connectivity index (χ2v) is 28.3. The van der Waals surface area contributed by atoms with Crippen LogP contribution in [0.15, 0.2) is 23.3 Å². The average Bonchev–Trinajstić information content (AvgIpc) is 1.75. The molecule has 9 aliphatic rings. The number of ether oxygens (including phenoxy) is 10. The van der Waals surface area contributed by atoms with Crippen molar-refractivity contribution < 1.29 is 123 Å². The Morgan fingerprint density at radius 3 is 1.79 bits per heavy atom. The standard InChI is InChI=1S/C62H100N2O25/c1-26(2)19-30(69)20-27(3)31-13-17-62(10)33-11-12-39-59(6,7)40(15-16-60(39,8)32(33)14-18-61(31,62)9)87-58-53(47(75)38(25-82-58)86-54-41(63-28(4)67)48(76)44(72)35(21-65)83-54)88-55-42(64-29(5)68)49(77)46(74)37(85-55)24-81-57-52(43(71)34(70)23-80-57)89-56-51(79)50(78)45(73)36(22-66)84-56/h14,19,27,31,33-58,65-66,70-79H,11-13,15-18,20-25H2,1-10H3,(H,63,67)(H,64,68). The van der Waals surface area contributed by atoms with Gasteiger partial charge in [0.1, 0.15) is 110 Å². The molecule has 0 radical (unpaired) electrons. The van der Waals surface area contributed by atoms with Crippen molar-refractivity contribution in [2.24, 2.45) is 45.3 Å². The number of carbonyl (C=O) groups is 3. The molecule has 31 unspecified atom stereocenters. The van der Waals surface area contributed by atoms with Gasteiger partial charge in [0.25, 0.3) is 0 Å². The third-order valence-electron chi connectivity index (χ3n) is 22.1. The lowest BCUT2D eigenvalue weighted by Crippen LogP contribution is -2.68. The first kappa shape index (κ1) is 70.5. The van der Waals surface area contributed by atoms with E-state index in [1.54, 1.807) is 6.08 Å². The van der Waals surface area contributed by atoms with Gasteiger partial charge in [0, 0.05) is 20.3 Å². The molecule has 4 aliphatic carbocycles. The van der Waals surface area contributed by atoms with E-state index < -0.39 is 198 Å². The summed E-state index contributed by atoms with van der Waals surface area (Å²) in [5.74, 6) is -0.117. The first-order chi connectivity index (χ1) is 41.8. The van der Waals surface area contributed by atoms with E-state index in [1.807, 2.05) is 13.8 Å². The van der Waals surface area contributed by atoms with Crippen LogP contribution >= 0.6 is 0 Å². The average molecular weight is 1270 g/mol. The summed E-state index contributed by atoms with van der Waals surface area (Å²) < 4.78 is 61.8. The second kappa shape index (κ2) is 27.9. The molecule has 5 heterocycles. The highest BCUT2D eigenvalue weighted by Crippen LogP contribution is 2.73. The van der Waals surface area contributed by atoms with E-state index in [2.05, 4.69) is 58.3 Å². The maximum atomic E-state index is 13.1. The molecule has 8 fully saturated rings. The molecular formula is C62H100N2O25. The normalized spacial score (nSPS) is 48.4. The lowest BCUT2D eigenvalue weighted by Gasteiger charge is -2.64. The molecule has 5 saturated heterocycles. The van der Waals surface area contributed by atoms with Crippen LogP contribution in [0.5, 0.6) is 0 Å². The van der Waals surface area contributed by atoms with Crippen molar-refractivity contribution in [2.75, 3.05) is 33.0 Å². The van der Waals surface area contributed by atoms with Gasteiger partial charge in [-0.3, -0.25) is 14.4 Å². The number of hydrogen-bond donors (Lipinski definition) is 14. The van der Waals surface area contributed by atoms with E-state index in [1.165, 1.54) is 5.57 Å². The van der Waals surface area contributed by atoms with Crippen molar-refractivity contribution in [1.29, 1.82) is 0 Å². The molecule has 0 aromatic carbocycles. The summed E-state index contributed by atoms with van der Waals surface area (Å²) in [5.41, 5.74) is 1.70. The molecule has 3 saturated carbocycles. The van der Waals surface area contributed by atoms with Gasteiger partial charge >= 0.3 is 0 Å². The molecule has 89 heavy (non-hydrogen) atoms. The summed E-state index contributed by atoms with van der Waals surface area (Å²) in [5, 5.41) is 137. The number of nitrogens with one attached hydrogen (secondary N) is 2. The minimum atomic E-state index is -1.93. The smallest absolute Gasteiger partial charge is 0.217 e. The highest BCUT2D eigenvalue weighted by Gasteiger charge is 2.66. The molecule has 5 aliphatic heterocycles. The molecule has 0 aromatic rings. The van der Waals surface area contributed by atoms with E-state index in [0.29, 0.717) is 24.7 Å². The van der Waals surface area contributed by atoms with E-state index in [9.17, 15) is 75.7 Å². The van der Waals surface area contributed by atoms with E-state index >= 15 is 0 Å². The fourth-order valence-corrected chi connectivity index (χ4v) is 17.1. The first-order valence-corrected chi connectivity index (χ1v) is 31.7. The molecule has 27 nitrogen and oxygen atoms in total. The fraction of sp³-hybridized carbons (Fsp3) is 0.887. The number of ketones is 1. The number of hydrogen-bond acceptors (Lipinski definition) is 25. The number of fused-ring (bicyclic) bond motifs is 5. The molecule has 31 atom stereocenters. The Bertz CT molecular complexity index is 2520. The zero-order valence-corrected chi connectivity index (χ0v) is 52.7. The molecule has 0 bridgehead atoms. The minimum absolute atomic E-state index is 0.00561. The Balaban J connectivity index is 0.979. The van der Waals surface area contributed by atoms with Crippen LogP contribution in [0, 0.1) is 45.3 Å². The van der Waals surface area contributed by atoms with E-state index in [4.69, 9.17) is 47.4 Å². The van der Waals surface area contributed by atoms with E-state index in [-0.39, 0.29) is 33.9 Å². The largest absolute Gasteiger partial charge is 0.394 e. The monoisotopic (exact) mass is 1270 g/mol. The van der Waals surface area contributed by atoms with Gasteiger partial charge < -0.3 is 119 Å². The molecule has 14 N–H and O–H groups in total. The zero-order valence-electron chi connectivity index (χ0n) is 52.7. The van der Waals surface area contributed by atoms with Crippen LogP contribution in [0.3, 0.4) is 0 Å². The van der Waals surface area contributed by atoms with Crippen LogP contribution in [0.1, 0.15) is 121 Å². The number of allylic oxidation sites excluding steroid dienone is 4. The van der Waals surface area contributed by atoms with Crippen LogP contribution in [0.25, 0.3) is 0 Å². The van der Waals surface area contributed by atoms with Crippen molar-refractivity contribution in [2.45, 2.75) is 268 Å². The fourth-order valence-electron chi connectivity index (χ4n) is 17.1. The molecule has 0 aromatic heterocycles. The maximum Gasteiger partial charge on any atom is 0.217 e. The third-order valence-corrected chi connectivity index (χ3v) is 22.1. The van der Waals surface area contributed by atoms with Gasteiger partial charge in [0.05, 0.1) is 39.1 Å². The summed E-state index contributed by atoms with van der Waals surface area (Å²) in [6.45, 7) is 16.9. The van der Waals surface area contributed by atoms with Crippen molar-refractivity contribution in [3.8, 4) is 0 Å². The quantitative estimate of drug-likeness (QED) is 0.0385. The van der Waals surface area contributed by atoms with Gasteiger partial charge in [-0.15, -0.1) is 0 Å². The Morgan fingerprint density at radius 1 is 0.607 bits per heavy atom. The zero-order chi connectivity index (χ0) is 65.1. The van der Waals surface area contributed by atoms with Crippen LogP contribution in [-0.2, 0) is 61.8 Å². The van der Waals surface area contributed by atoms with Gasteiger partial charge in [-0.1, -0.05) is 58.8 Å². The number of aliphatic hydroxyl groups excluding tert-OH is 12. The SMILES string of the molecule is CC(=O)NC1C(OC2COC(OC3CCC4(C)C5=CCC6(C)C(C(C)CC(=O)C=C(C)C)CCC6(C)C5CCC4C3(C)C)C(OC3OC(COC4OCC(O)C(O)C4OC4OC(CO)C(O)C(O)C4O)C(O)C(O)C3NC(C)=O)C2O)OC(CO)C(O)C1O. The van der Waals surface area contributed by atoms with Crippen LogP contribution < -0.4 is 10.6 Å². The van der Waals surface area contributed by atoms with Crippen molar-refractivity contribution in [3.05, 3.63) is 23.3 Å². The lowest BCUT2D eigenvalue weighted by molar-refractivity contribution is -0.375.